The van der Waals surface area contributed by atoms with Crippen LogP contribution in [-0.4, -0.2) is 11.5 Å². The SMILES string of the molecule is O=[N+]([O-])c1ccccc1C1CO[CH]O1. The van der Waals surface area contributed by atoms with Gasteiger partial charge in [-0.2, -0.15) is 0 Å². The number of hydrogen-bond donors (Lipinski definition) is 0. The lowest BCUT2D eigenvalue weighted by molar-refractivity contribution is -0.386. The Morgan fingerprint density at radius 3 is 2.86 bits per heavy atom. The summed E-state index contributed by atoms with van der Waals surface area (Å²) < 4.78 is 9.95. The molecule has 1 aromatic carbocycles. The van der Waals surface area contributed by atoms with Crippen LogP contribution in [0.15, 0.2) is 24.3 Å². The Balaban J connectivity index is 2.35. The highest BCUT2D eigenvalue weighted by molar-refractivity contribution is 5.41. The van der Waals surface area contributed by atoms with Crippen molar-refractivity contribution in [2.75, 3.05) is 6.61 Å². The van der Waals surface area contributed by atoms with E-state index in [9.17, 15) is 10.1 Å². The van der Waals surface area contributed by atoms with Crippen LogP contribution in [0, 0.1) is 16.9 Å². The molecule has 1 saturated heterocycles. The molecule has 14 heavy (non-hydrogen) atoms. The number of nitrogens with zero attached hydrogens (tertiary/aromatic N) is 1. The molecule has 1 aromatic rings. The lowest BCUT2D eigenvalue weighted by Gasteiger charge is -2.07. The van der Waals surface area contributed by atoms with E-state index in [0.29, 0.717) is 12.2 Å². The Morgan fingerprint density at radius 2 is 2.21 bits per heavy atom. The molecule has 1 atom stereocenters. The van der Waals surface area contributed by atoms with Crippen molar-refractivity contribution >= 4 is 5.69 Å². The molecule has 0 aliphatic carbocycles. The predicted octanol–water partition coefficient (Wildman–Crippen LogP) is 1.80. The molecule has 2 rings (SSSR count). The van der Waals surface area contributed by atoms with E-state index in [1.54, 1.807) is 18.2 Å². The van der Waals surface area contributed by atoms with E-state index in [1.807, 2.05) is 0 Å². The van der Waals surface area contributed by atoms with Gasteiger partial charge in [-0.05, 0) is 6.07 Å². The summed E-state index contributed by atoms with van der Waals surface area (Å²) in [5.74, 6) is 0. The lowest BCUT2D eigenvalue weighted by Crippen LogP contribution is -2.03. The van der Waals surface area contributed by atoms with Gasteiger partial charge in [-0.25, -0.2) is 0 Å². The average Bonchev–Trinajstić information content (AvgIpc) is 2.70. The van der Waals surface area contributed by atoms with E-state index in [4.69, 9.17) is 9.47 Å². The van der Waals surface area contributed by atoms with E-state index in [2.05, 4.69) is 0 Å². The Kier molecular flexibility index (Phi) is 2.43. The molecule has 0 N–H and O–H groups in total. The van der Waals surface area contributed by atoms with E-state index < -0.39 is 4.92 Å². The third kappa shape index (κ3) is 1.59. The van der Waals surface area contributed by atoms with Crippen LogP contribution in [0.1, 0.15) is 11.7 Å². The number of ether oxygens (including phenoxy) is 2. The van der Waals surface area contributed by atoms with Crippen molar-refractivity contribution < 1.29 is 14.4 Å². The molecule has 0 spiro atoms. The summed E-state index contributed by atoms with van der Waals surface area (Å²) in [6, 6.07) is 6.49. The highest BCUT2D eigenvalue weighted by Gasteiger charge is 2.26. The lowest BCUT2D eigenvalue weighted by atomic mass is 10.1. The second-order valence-corrected chi connectivity index (χ2v) is 2.87. The van der Waals surface area contributed by atoms with Crippen molar-refractivity contribution in [2.45, 2.75) is 6.10 Å². The predicted molar refractivity (Wildman–Crippen MR) is 47.2 cm³/mol. The molecular formula is C9H8NO4. The topological polar surface area (TPSA) is 61.6 Å². The molecular weight excluding hydrogens is 186 g/mol. The third-order valence-electron chi connectivity index (χ3n) is 2.02. The van der Waals surface area contributed by atoms with E-state index in [-0.39, 0.29) is 11.8 Å². The number of hydrogen-bond acceptors (Lipinski definition) is 4. The van der Waals surface area contributed by atoms with Gasteiger partial charge in [0, 0.05) is 6.07 Å². The van der Waals surface area contributed by atoms with Gasteiger partial charge < -0.3 is 9.47 Å². The third-order valence-corrected chi connectivity index (χ3v) is 2.02. The van der Waals surface area contributed by atoms with Gasteiger partial charge in [0.2, 0.25) is 6.79 Å². The molecule has 0 bridgehead atoms. The van der Waals surface area contributed by atoms with E-state index in [1.165, 1.54) is 12.9 Å². The summed E-state index contributed by atoms with van der Waals surface area (Å²) in [5.41, 5.74) is 0.614. The first-order valence-electron chi connectivity index (χ1n) is 4.11. The van der Waals surface area contributed by atoms with Crippen molar-refractivity contribution in [1.82, 2.24) is 0 Å². The fourth-order valence-electron chi connectivity index (χ4n) is 1.36. The molecule has 5 nitrogen and oxygen atoms in total. The first-order valence-corrected chi connectivity index (χ1v) is 4.11. The molecule has 1 aliphatic heterocycles. The fraction of sp³-hybridized carbons (Fsp3) is 0.222. The molecule has 1 unspecified atom stereocenters. The number of benzene rings is 1. The van der Waals surface area contributed by atoms with E-state index >= 15 is 0 Å². The molecule has 0 aromatic heterocycles. The smallest absolute Gasteiger partial charge is 0.275 e. The van der Waals surface area contributed by atoms with Gasteiger partial charge in [-0.15, -0.1) is 0 Å². The Bertz CT molecular complexity index is 346. The standard InChI is InChI=1S/C9H8NO4/c11-10(12)8-4-2-1-3-7(8)9-5-13-6-14-9/h1-4,6,9H,5H2. The van der Waals surface area contributed by atoms with Crippen LogP contribution < -0.4 is 0 Å². The first kappa shape index (κ1) is 9.11. The van der Waals surface area contributed by atoms with Gasteiger partial charge in [0.15, 0.2) is 0 Å². The molecule has 0 amide bonds. The van der Waals surface area contributed by atoms with Crippen molar-refractivity contribution in [2.24, 2.45) is 0 Å². The minimum atomic E-state index is -0.420. The van der Waals surface area contributed by atoms with Crippen LogP contribution in [0.25, 0.3) is 0 Å². The second-order valence-electron chi connectivity index (χ2n) is 2.87. The quantitative estimate of drug-likeness (QED) is 0.532. The Morgan fingerprint density at radius 1 is 1.43 bits per heavy atom. The summed E-state index contributed by atoms with van der Waals surface area (Å²) in [7, 11) is 0. The minimum absolute atomic E-state index is 0.0661. The van der Waals surface area contributed by atoms with Crippen LogP contribution in [0.5, 0.6) is 0 Å². The van der Waals surface area contributed by atoms with Gasteiger partial charge in [-0.1, -0.05) is 12.1 Å². The van der Waals surface area contributed by atoms with Crippen LogP contribution in [0.3, 0.4) is 0 Å². The van der Waals surface area contributed by atoms with Gasteiger partial charge in [0.1, 0.15) is 6.10 Å². The van der Waals surface area contributed by atoms with Crippen molar-refractivity contribution in [1.29, 1.82) is 0 Å². The van der Waals surface area contributed by atoms with Crippen LogP contribution >= 0.6 is 0 Å². The zero-order valence-electron chi connectivity index (χ0n) is 7.25. The van der Waals surface area contributed by atoms with Gasteiger partial charge >= 0.3 is 0 Å². The van der Waals surface area contributed by atoms with Crippen LogP contribution in [0.2, 0.25) is 0 Å². The summed E-state index contributed by atoms with van der Waals surface area (Å²) in [4.78, 5) is 10.3. The molecule has 1 aliphatic rings. The van der Waals surface area contributed by atoms with E-state index in [0.717, 1.165) is 0 Å². The van der Waals surface area contributed by atoms with Gasteiger partial charge in [0.25, 0.3) is 5.69 Å². The normalized spacial score (nSPS) is 21.0. The van der Waals surface area contributed by atoms with Crippen LogP contribution in [-0.2, 0) is 9.47 Å². The van der Waals surface area contributed by atoms with Crippen molar-refractivity contribution in [3.63, 3.8) is 0 Å². The summed E-state index contributed by atoms with van der Waals surface area (Å²) in [6.45, 7) is 1.53. The van der Waals surface area contributed by atoms with Gasteiger partial charge in [0.05, 0.1) is 17.1 Å². The number of nitro benzene ring substituents is 1. The van der Waals surface area contributed by atoms with Gasteiger partial charge in [-0.3, -0.25) is 10.1 Å². The first-order chi connectivity index (χ1) is 6.79. The fourth-order valence-corrected chi connectivity index (χ4v) is 1.36. The Hall–Kier alpha value is -1.46. The summed E-state index contributed by atoms with van der Waals surface area (Å²) >= 11 is 0. The second kappa shape index (κ2) is 3.73. The molecule has 0 saturated carbocycles. The minimum Gasteiger partial charge on any atom is -0.345 e. The van der Waals surface area contributed by atoms with Crippen molar-refractivity contribution in [3.05, 3.63) is 46.7 Å². The number of rotatable bonds is 2. The zero-order valence-corrected chi connectivity index (χ0v) is 7.25. The number of nitro groups is 1. The monoisotopic (exact) mass is 194 g/mol. The Labute approximate surface area is 80.4 Å². The van der Waals surface area contributed by atoms with Crippen molar-refractivity contribution in [3.8, 4) is 0 Å². The summed E-state index contributed by atoms with van der Waals surface area (Å²) in [5, 5.41) is 10.7. The number of para-hydroxylation sites is 1. The molecule has 73 valence electrons. The van der Waals surface area contributed by atoms with Crippen LogP contribution in [0.4, 0.5) is 5.69 Å². The maximum absolute atomic E-state index is 10.7. The highest BCUT2D eigenvalue weighted by atomic mass is 16.7. The molecule has 1 radical (unpaired) electrons. The average molecular weight is 194 g/mol. The highest BCUT2D eigenvalue weighted by Crippen LogP contribution is 2.31. The zero-order chi connectivity index (χ0) is 9.97. The maximum Gasteiger partial charge on any atom is 0.275 e. The largest absolute Gasteiger partial charge is 0.345 e. The maximum atomic E-state index is 10.7. The molecule has 1 fully saturated rings. The molecule has 1 heterocycles. The summed E-state index contributed by atoms with van der Waals surface area (Å²) in [6.07, 6.45) is -0.364. The molecule has 5 heteroatoms.